The van der Waals surface area contributed by atoms with E-state index in [0.717, 1.165) is 25.7 Å². The number of aliphatic hydroxyl groups is 1. The second-order valence-electron chi connectivity index (χ2n) is 5.14. The molecule has 2 rings (SSSR count). The van der Waals surface area contributed by atoms with Gasteiger partial charge < -0.3 is 9.84 Å². The number of hydrogen-bond donors (Lipinski definition) is 1. The Morgan fingerprint density at radius 2 is 2.11 bits per heavy atom. The lowest BCUT2D eigenvalue weighted by Crippen LogP contribution is -2.44. The van der Waals surface area contributed by atoms with Crippen LogP contribution in [-0.2, 0) is 11.2 Å². The molecule has 0 radical (unpaired) electrons. The topological polar surface area (TPSA) is 29.5 Å². The van der Waals surface area contributed by atoms with Gasteiger partial charge in [-0.2, -0.15) is 0 Å². The molecule has 0 bridgehead atoms. The Kier molecular flexibility index (Phi) is 4.82. The Balaban J connectivity index is 2.15. The summed E-state index contributed by atoms with van der Waals surface area (Å²) in [6.45, 7) is 2.49. The Morgan fingerprint density at radius 1 is 1.42 bits per heavy atom. The molecule has 0 heterocycles. The van der Waals surface area contributed by atoms with Crippen molar-refractivity contribution in [1.82, 2.24) is 0 Å². The average molecular weight is 287 g/mol. The van der Waals surface area contributed by atoms with Crippen LogP contribution in [-0.4, -0.2) is 23.4 Å². The molecule has 1 aliphatic rings. The van der Waals surface area contributed by atoms with Crippen molar-refractivity contribution in [2.45, 2.75) is 50.7 Å². The minimum absolute atomic E-state index is 0.0987. The standard InChI is InChI=1S/C15H20ClFO2/c1-2-19-15(8-3-4-9-15)13(18)10-11-6-5-7-12(16)14(11)17/h5-7,13,18H,2-4,8-10H2,1H3. The maximum Gasteiger partial charge on any atom is 0.145 e. The molecule has 1 unspecified atom stereocenters. The molecule has 1 fully saturated rings. The van der Waals surface area contributed by atoms with Crippen LogP contribution in [0.25, 0.3) is 0 Å². The van der Waals surface area contributed by atoms with Gasteiger partial charge in [0, 0.05) is 13.0 Å². The Morgan fingerprint density at radius 3 is 2.74 bits per heavy atom. The summed E-state index contributed by atoms with van der Waals surface area (Å²) in [6.07, 6.45) is 3.33. The highest BCUT2D eigenvalue weighted by molar-refractivity contribution is 6.30. The molecule has 1 N–H and O–H groups in total. The lowest BCUT2D eigenvalue weighted by atomic mass is 9.89. The summed E-state index contributed by atoms with van der Waals surface area (Å²) in [5.41, 5.74) is -0.0604. The van der Waals surface area contributed by atoms with Crippen LogP contribution in [0.3, 0.4) is 0 Å². The first-order chi connectivity index (χ1) is 9.09. The molecule has 0 amide bonds. The van der Waals surface area contributed by atoms with Crippen molar-refractivity contribution < 1.29 is 14.2 Å². The lowest BCUT2D eigenvalue weighted by molar-refractivity contribution is -0.115. The van der Waals surface area contributed by atoms with Crippen LogP contribution >= 0.6 is 11.6 Å². The van der Waals surface area contributed by atoms with E-state index in [2.05, 4.69) is 0 Å². The van der Waals surface area contributed by atoms with Crippen LogP contribution in [0.15, 0.2) is 18.2 Å². The molecule has 106 valence electrons. The van der Waals surface area contributed by atoms with Crippen LogP contribution in [0.5, 0.6) is 0 Å². The monoisotopic (exact) mass is 286 g/mol. The highest BCUT2D eigenvalue weighted by Crippen LogP contribution is 2.37. The van der Waals surface area contributed by atoms with Gasteiger partial charge in [0.05, 0.1) is 16.7 Å². The van der Waals surface area contributed by atoms with Crippen LogP contribution in [0.1, 0.15) is 38.2 Å². The van der Waals surface area contributed by atoms with Gasteiger partial charge in [0.1, 0.15) is 5.82 Å². The highest BCUT2D eigenvalue weighted by atomic mass is 35.5. The van der Waals surface area contributed by atoms with Crippen LogP contribution in [0.2, 0.25) is 5.02 Å². The Hall–Kier alpha value is -0.640. The molecule has 0 aliphatic heterocycles. The van der Waals surface area contributed by atoms with E-state index in [4.69, 9.17) is 16.3 Å². The Labute approximate surface area is 118 Å². The van der Waals surface area contributed by atoms with Crippen LogP contribution in [0, 0.1) is 5.82 Å². The molecule has 4 heteroatoms. The fourth-order valence-corrected chi connectivity index (χ4v) is 3.13. The first kappa shape index (κ1) is 14.8. The molecular weight excluding hydrogens is 267 g/mol. The van der Waals surface area contributed by atoms with E-state index >= 15 is 0 Å². The summed E-state index contributed by atoms with van der Waals surface area (Å²) < 4.78 is 19.7. The molecule has 1 atom stereocenters. The predicted molar refractivity (Wildman–Crippen MR) is 73.9 cm³/mol. The Bertz CT molecular complexity index is 430. The zero-order chi connectivity index (χ0) is 13.9. The summed E-state index contributed by atoms with van der Waals surface area (Å²) in [5, 5.41) is 10.6. The first-order valence-corrected chi connectivity index (χ1v) is 7.22. The maximum absolute atomic E-state index is 13.9. The number of ether oxygens (including phenoxy) is 1. The van der Waals surface area contributed by atoms with E-state index in [1.165, 1.54) is 6.07 Å². The van der Waals surface area contributed by atoms with Crippen LogP contribution in [0.4, 0.5) is 4.39 Å². The number of aliphatic hydroxyl groups excluding tert-OH is 1. The second-order valence-corrected chi connectivity index (χ2v) is 5.54. The van der Waals surface area contributed by atoms with E-state index in [0.29, 0.717) is 12.2 Å². The normalized spacial score (nSPS) is 19.6. The van der Waals surface area contributed by atoms with Gasteiger partial charge in [-0.3, -0.25) is 0 Å². The van der Waals surface area contributed by atoms with Gasteiger partial charge in [-0.05, 0) is 31.4 Å². The van der Waals surface area contributed by atoms with Gasteiger partial charge in [-0.1, -0.05) is 36.6 Å². The molecule has 1 aromatic rings. The molecular formula is C15H20ClFO2. The fraction of sp³-hybridized carbons (Fsp3) is 0.600. The summed E-state index contributed by atoms with van der Waals surface area (Å²) in [6, 6.07) is 4.88. The third kappa shape index (κ3) is 3.10. The van der Waals surface area contributed by atoms with E-state index in [-0.39, 0.29) is 11.4 Å². The van der Waals surface area contributed by atoms with Crippen molar-refractivity contribution in [2.75, 3.05) is 6.61 Å². The molecule has 1 aliphatic carbocycles. The van der Waals surface area contributed by atoms with Crippen molar-refractivity contribution >= 4 is 11.6 Å². The van der Waals surface area contributed by atoms with Crippen molar-refractivity contribution in [1.29, 1.82) is 0 Å². The summed E-state index contributed by atoms with van der Waals surface area (Å²) >= 11 is 5.76. The number of rotatable bonds is 5. The van der Waals surface area contributed by atoms with Gasteiger partial charge in [0.15, 0.2) is 0 Å². The largest absolute Gasteiger partial charge is 0.390 e. The fourth-order valence-electron chi connectivity index (χ4n) is 2.94. The molecule has 0 spiro atoms. The van der Waals surface area contributed by atoms with E-state index < -0.39 is 17.5 Å². The van der Waals surface area contributed by atoms with E-state index in [1.54, 1.807) is 12.1 Å². The van der Waals surface area contributed by atoms with Crippen molar-refractivity contribution in [3.05, 3.63) is 34.6 Å². The summed E-state index contributed by atoms with van der Waals surface area (Å²) in [7, 11) is 0. The van der Waals surface area contributed by atoms with Crippen molar-refractivity contribution in [3.63, 3.8) is 0 Å². The highest BCUT2D eigenvalue weighted by Gasteiger charge is 2.41. The van der Waals surface area contributed by atoms with E-state index in [1.807, 2.05) is 6.92 Å². The predicted octanol–water partition coefficient (Wildman–Crippen LogP) is 3.73. The number of benzene rings is 1. The van der Waals surface area contributed by atoms with Gasteiger partial charge in [0.25, 0.3) is 0 Å². The van der Waals surface area contributed by atoms with Crippen LogP contribution < -0.4 is 0 Å². The zero-order valence-corrected chi connectivity index (χ0v) is 11.9. The summed E-state index contributed by atoms with van der Waals surface area (Å²) in [4.78, 5) is 0. The third-order valence-corrected chi connectivity index (χ3v) is 4.23. The number of hydrogen-bond acceptors (Lipinski definition) is 2. The second kappa shape index (κ2) is 6.21. The average Bonchev–Trinajstić information content (AvgIpc) is 2.85. The van der Waals surface area contributed by atoms with Crippen molar-refractivity contribution in [3.8, 4) is 0 Å². The minimum atomic E-state index is -0.692. The molecule has 19 heavy (non-hydrogen) atoms. The molecule has 1 aromatic carbocycles. The lowest BCUT2D eigenvalue weighted by Gasteiger charge is -2.34. The molecule has 2 nitrogen and oxygen atoms in total. The number of halogens is 2. The quantitative estimate of drug-likeness (QED) is 0.894. The van der Waals surface area contributed by atoms with Gasteiger partial charge >= 0.3 is 0 Å². The molecule has 0 aromatic heterocycles. The summed E-state index contributed by atoms with van der Waals surface area (Å²) in [5.74, 6) is -0.437. The minimum Gasteiger partial charge on any atom is -0.390 e. The van der Waals surface area contributed by atoms with E-state index in [9.17, 15) is 9.50 Å². The molecule has 1 saturated carbocycles. The van der Waals surface area contributed by atoms with Gasteiger partial charge in [0.2, 0.25) is 0 Å². The SMILES string of the molecule is CCOC1(C(O)Cc2cccc(Cl)c2F)CCCC1. The van der Waals surface area contributed by atoms with Crippen molar-refractivity contribution in [2.24, 2.45) is 0 Å². The van der Waals surface area contributed by atoms with Gasteiger partial charge in [-0.15, -0.1) is 0 Å². The smallest absolute Gasteiger partial charge is 0.145 e. The third-order valence-electron chi connectivity index (χ3n) is 3.93. The first-order valence-electron chi connectivity index (χ1n) is 6.84. The van der Waals surface area contributed by atoms with Gasteiger partial charge in [-0.25, -0.2) is 4.39 Å². The maximum atomic E-state index is 13.9. The molecule has 0 saturated heterocycles. The zero-order valence-electron chi connectivity index (χ0n) is 11.2.